The number of hydrogen-bond acceptors (Lipinski definition) is 7. The molecule has 4 heterocycles. The van der Waals surface area contributed by atoms with Crippen molar-refractivity contribution < 1.29 is 17.9 Å². The van der Waals surface area contributed by atoms with Crippen LogP contribution in [0.1, 0.15) is 24.8 Å². The lowest BCUT2D eigenvalue weighted by molar-refractivity contribution is 0.0254. The van der Waals surface area contributed by atoms with E-state index in [0.29, 0.717) is 18.5 Å². The second-order valence-corrected chi connectivity index (χ2v) is 12.3. The fourth-order valence-electron chi connectivity index (χ4n) is 5.43. The van der Waals surface area contributed by atoms with Crippen LogP contribution >= 0.6 is 11.6 Å². The van der Waals surface area contributed by atoms with Gasteiger partial charge in [-0.15, -0.1) is 5.10 Å². The molecule has 1 aromatic heterocycles. The molecule has 3 aliphatic rings. The molecule has 1 N–H and O–H groups in total. The molecule has 3 fully saturated rings. The van der Waals surface area contributed by atoms with Crippen molar-refractivity contribution in [2.24, 2.45) is 5.41 Å². The number of halogens is 1. The molecule has 1 spiro atoms. The number of hydrogen-bond donors (Lipinski definition) is 1. The molecular formula is C24H33ClN6O4S. The summed E-state index contributed by atoms with van der Waals surface area (Å²) < 4.78 is 31.8. The summed E-state index contributed by atoms with van der Waals surface area (Å²) in [5.74, 6) is 0.128. The van der Waals surface area contributed by atoms with Crippen molar-refractivity contribution in [3.63, 3.8) is 0 Å². The number of nitrogens with zero attached hydrogens (tertiary/aromatic N) is 5. The quantitative estimate of drug-likeness (QED) is 0.627. The van der Waals surface area contributed by atoms with Crippen molar-refractivity contribution in [1.82, 2.24) is 19.6 Å². The third-order valence-electron chi connectivity index (χ3n) is 7.47. The van der Waals surface area contributed by atoms with Gasteiger partial charge in [0.15, 0.2) is 5.82 Å². The molecule has 1 aromatic carbocycles. The Morgan fingerprint density at radius 2 is 1.86 bits per heavy atom. The van der Waals surface area contributed by atoms with Crippen LogP contribution in [0.3, 0.4) is 0 Å². The average molecular weight is 537 g/mol. The predicted molar refractivity (Wildman–Crippen MR) is 139 cm³/mol. The molecule has 0 radical (unpaired) electrons. The van der Waals surface area contributed by atoms with E-state index in [1.54, 1.807) is 4.90 Å². The molecule has 0 aliphatic carbocycles. The van der Waals surface area contributed by atoms with Crippen LogP contribution in [0.5, 0.6) is 0 Å². The van der Waals surface area contributed by atoms with E-state index >= 15 is 0 Å². The molecule has 196 valence electrons. The van der Waals surface area contributed by atoms with Crippen LogP contribution in [0.15, 0.2) is 30.5 Å². The van der Waals surface area contributed by atoms with Gasteiger partial charge in [0.05, 0.1) is 17.0 Å². The van der Waals surface area contributed by atoms with Crippen LogP contribution < -0.4 is 9.62 Å². The Bertz CT molecular complexity index is 1200. The highest BCUT2D eigenvalue weighted by Gasteiger charge is 2.39. The highest BCUT2D eigenvalue weighted by molar-refractivity contribution is 7.92. The Balaban J connectivity index is 1.16. The lowest BCUT2D eigenvalue weighted by atomic mass is 9.80. The first-order valence-corrected chi connectivity index (χ1v) is 14.6. The van der Waals surface area contributed by atoms with Crippen LogP contribution in [-0.2, 0) is 21.3 Å². The summed E-state index contributed by atoms with van der Waals surface area (Å²) in [6.07, 6.45) is 5.95. The number of carbonyl (C=O) groups is 1. The van der Waals surface area contributed by atoms with Crippen molar-refractivity contribution in [1.29, 1.82) is 0 Å². The summed E-state index contributed by atoms with van der Waals surface area (Å²) in [6, 6.07) is 7.52. The summed E-state index contributed by atoms with van der Waals surface area (Å²) in [4.78, 5) is 19.3. The van der Waals surface area contributed by atoms with Gasteiger partial charge in [-0.2, -0.15) is 4.68 Å². The molecule has 10 nitrogen and oxygen atoms in total. The van der Waals surface area contributed by atoms with Crippen molar-refractivity contribution in [3.8, 4) is 0 Å². The van der Waals surface area contributed by atoms with Gasteiger partial charge in [-0.1, -0.05) is 17.7 Å². The van der Waals surface area contributed by atoms with Crippen molar-refractivity contribution in [3.05, 3.63) is 41.0 Å². The van der Waals surface area contributed by atoms with E-state index < -0.39 is 10.0 Å². The first kappa shape index (κ1) is 25.3. The number of nitrogens with one attached hydrogen (secondary N) is 1. The molecule has 0 atom stereocenters. The molecule has 0 unspecified atom stereocenters. The van der Waals surface area contributed by atoms with Gasteiger partial charge in [0.1, 0.15) is 0 Å². The number of rotatable bonds is 5. The normalized spacial score (nSPS) is 20.7. The maximum atomic E-state index is 12.8. The van der Waals surface area contributed by atoms with Crippen LogP contribution in [0.25, 0.3) is 0 Å². The molecule has 1 amide bonds. The van der Waals surface area contributed by atoms with E-state index in [9.17, 15) is 13.2 Å². The first-order valence-electron chi connectivity index (χ1n) is 12.4. The summed E-state index contributed by atoms with van der Waals surface area (Å²) in [6.45, 7) is 7.20. The van der Waals surface area contributed by atoms with Gasteiger partial charge >= 0.3 is 6.03 Å². The van der Waals surface area contributed by atoms with E-state index in [-0.39, 0.29) is 11.8 Å². The second-order valence-electron chi connectivity index (χ2n) is 10.1. The Labute approximate surface area is 217 Å². The fraction of sp³-hybridized carbons (Fsp3) is 0.583. The molecule has 12 heteroatoms. The number of amides is 1. The molecular weight excluding hydrogens is 504 g/mol. The molecule has 5 rings (SSSR count). The Morgan fingerprint density at radius 1 is 1.11 bits per heavy atom. The highest BCUT2D eigenvalue weighted by atomic mass is 35.5. The molecule has 3 saturated heterocycles. The third-order valence-corrected chi connectivity index (χ3v) is 8.37. The Morgan fingerprint density at radius 3 is 2.58 bits per heavy atom. The van der Waals surface area contributed by atoms with Crippen molar-refractivity contribution >= 4 is 39.2 Å². The van der Waals surface area contributed by atoms with Gasteiger partial charge < -0.3 is 14.5 Å². The molecule has 2 aromatic rings. The average Bonchev–Trinajstić information content (AvgIpc) is 3.47. The van der Waals surface area contributed by atoms with E-state index in [1.807, 2.05) is 6.07 Å². The SMILES string of the molecule is CS(=O)(=O)Nc1ccn(C(=O)N2CCN(Cc3ccc(Cl)c(N4CCC5(CCOCC5)C4)c3)CC2)n1. The lowest BCUT2D eigenvalue weighted by Gasteiger charge is -2.35. The maximum absolute atomic E-state index is 12.8. The highest BCUT2D eigenvalue weighted by Crippen LogP contribution is 2.43. The predicted octanol–water partition coefficient (Wildman–Crippen LogP) is 2.70. The zero-order chi connectivity index (χ0) is 25.3. The lowest BCUT2D eigenvalue weighted by Crippen LogP contribution is -2.49. The smallest absolute Gasteiger partial charge is 0.344 e. The fourth-order valence-corrected chi connectivity index (χ4v) is 6.15. The zero-order valence-electron chi connectivity index (χ0n) is 20.5. The van der Waals surface area contributed by atoms with E-state index in [2.05, 4.69) is 31.8 Å². The van der Waals surface area contributed by atoms with E-state index in [1.165, 1.54) is 28.9 Å². The molecule has 36 heavy (non-hydrogen) atoms. The first-order chi connectivity index (χ1) is 17.2. The van der Waals surface area contributed by atoms with Crippen molar-refractivity contribution in [2.45, 2.75) is 25.8 Å². The summed E-state index contributed by atoms with van der Waals surface area (Å²) in [5, 5.41) is 4.84. The Kier molecular flexibility index (Phi) is 7.17. The number of aromatic nitrogens is 2. The minimum Gasteiger partial charge on any atom is -0.381 e. The van der Waals surface area contributed by atoms with Crippen LogP contribution in [0.4, 0.5) is 16.3 Å². The summed E-state index contributed by atoms with van der Waals surface area (Å²) >= 11 is 6.63. The number of ether oxygens (including phenoxy) is 1. The zero-order valence-corrected chi connectivity index (χ0v) is 22.1. The summed E-state index contributed by atoms with van der Waals surface area (Å²) in [5.41, 5.74) is 2.69. The largest absolute Gasteiger partial charge is 0.381 e. The standard InChI is InChI=1S/C24H33ClN6O4S/c1-36(33,34)27-22-4-8-31(26-22)23(32)29-12-10-28(11-13-29)17-19-2-3-20(25)21(16-19)30-9-5-24(18-30)6-14-35-15-7-24/h2-4,8,16H,5-7,9-15,17-18H2,1H3,(H,26,27). The minimum atomic E-state index is -3.44. The minimum absolute atomic E-state index is 0.128. The van der Waals surface area contributed by atoms with Gasteiger partial charge in [-0.3, -0.25) is 9.62 Å². The molecule has 3 aliphatic heterocycles. The second kappa shape index (κ2) is 10.2. The van der Waals surface area contributed by atoms with Gasteiger partial charge in [0.25, 0.3) is 0 Å². The number of benzene rings is 1. The number of piperazine rings is 1. The molecule has 0 bridgehead atoms. The third kappa shape index (κ3) is 5.80. The molecule has 0 saturated carbocycles. The number of carbonyl (C=O) groups excluding carboxylic acids is 1. The Hall–Kier alpha value is -2.34. The van der Waals surface area contributed by atoms with Gasteiger partial charge in [-0.05, 0) is 42.4 Å². The van der Waals surface area contributed by atoms with Gasteiger partial charge in [0, 0.05) is 71.3 Å². The van der Waals surface area contributed by atoms with Gasteiger partial charge in [0.2, 0.25) is 10.0 Å². The van der Waals surface area contributed by atoms with Crippen LogP contribution in [0, 0.1) is 5.41 Å². The van der Waals surface area contributed by atoms with Gasteiger partial charge in [-0.25, -0.2) is 13.2 Å². The van der Waals surface area contributed by atoms with Crippen molar-refractivity contribution in [2.75, 3.05) is 68.4 Å². The topological polar surface area (TPSA) is 100 Å². The van der Waals surface area contributed by atoms with Crippen LogP contribution in [0.2, 0.25) is 5.02 Å². The van der Waals surface area contributed by atoms with E-state index in [4.69, 9.17) is 16.3 Å². The summed E-state index contributed by atoms with van der Waals surface area (Å²) in [7, 11) is -3.44. The number of sulfonamides is 1. The monoisotopic (exact) mass is 536 g/mol. The maximum Gasteiger partial charge on any atom is 0.344 e. The number of anilines is 2. The van der Waals surface area contributed by atoms with E-state index in [0.717, 1.165) is 75.7 Å². The van der Waals surface area contributed by atoms with Crippen LogP contribution in [-0.4, -0.2) is 92.8 Å².